The van der Waals surface area contributed by atoms with Gasteiger partial charge in [-0.3, -0.25) is 0 Å². The third kappa shape index (κ3) is 3.13. The molecule has 0 heterocycles. The molecule has 0 aliphatic heterocycles. The molecule has 0 spiro atoms. The third-order valence-corrected chi connectivity index (χ3v) is 6.36. The SMILES string of the molecule is CC.CC.CC1(C)c2c(ccc3ccccc23)-c2ccc3cc4ccccc4cc3c21. The van der Waals surface area contributed by atoms with Crippen molar-refractivity contribution in [2.45, 2.75) is 47.0 Å². The van der Waals surface area contributed by atoms with Gasteiger partial charge in [0.05, 0.1) is 0 Å². The van der Waals surface area contributed by atoms with Gasteiger partial charge < -0.3 is 0 Å². The van der Waals surface area contributed by atoms with Crippen LogP contribution >= 0.6 is 0 Å². The Morgan fingerprint density at radius 2 is 0.935 bits per heavy atom. The van der Waals surface area contributed by atoms with Crippen LogP contribution in [0, 0.1) is 0 Å². The standard InChI is InChI=1S/C27H20.2C2H6/c1-27(2)25-21-10-6-5-7-17(21)11-13-22(25)23-14-12-20-15-18-8-3-4-9-19(18)16-24(20)26(23)27;2*1-2/h3-16H,1-2H3;2*1-2H3. The molecule has 0 bridgehead atoms. The molecule has 6 rings (SSSR count). The highest BCUT2D eigenvalue weighted by atomic mass is 14.4. The predicted octanol–water partition coefficient (Wildman–Crippen LogP) is 9.50. The average molecular weight is 405 g/mol. The molecule has 0 heteroatoms. The van der Waals surface area contributed by atoms with Gasteiger partial charge in [0.1, 0.15) is 0 Å². The molecule has 1 aliphatic rings. The summed E-state index contributed by atoms with van der Waals surface area (Å²) < 4.78 is 0. The summed E-state index contributed by atoms with van der Waals surface area (Å²) in [6.07, 6.45) is 0. The van der Waals surface area contributed by atoms with E-state index in [1.807, 2.05) is 27.7 Å². The van der Waals surface area contributed by atoms with Gasteiger partial charge in [-0.25, -0.2) is 0 Å². The normalized spacial score (nSPS) is 13.1. The summed E-state index contributed by atoms with van der Waals surface area (Å²) in [4.78, 5) is 0. The minimum Gasteiger partial charge on any atom is -0.0683 e. The van der Waals surface area contributed by atoms with Gasteiger partial charge in [0, 0.05) is 5.41 Å². The Bertz CT molecular complexity index is 1390. The highest BCUT2D eigenvalue weighted by Gasteiger charge is 2.38. The Balaban J connectivity index is 0.000000549. The maximum Gasteiger partial charge on any atom is 0.0171 e. The van der Waals surface area contributed by atoms with Crippen LogP contribution in [-0.2, 0) is 5.41 Å². The van der Waals surface area contributed by atoms with Crippen LogP contribution in [0.15, 0.2) is 84.9 Å². The second-order valence-corrected chi connectivity index (χ2v) is 8.24. The summed E-state index contributed by atoms with van der Waals surface area (Å²) in [6, 6.07) is 31.4. The van der Waals surface area contributed by atoms with E-state index in [0.29, 0.717) is 0 Å². The van der Waals surface area contributed by atoms with Gasteiger partial charge in [-0.2, -0.15) is 0 Å². The first-order valence-corrected chi connectivity index (χ1v) is 11.6. The molecule has 156 valence electrons. The lowest BCUT2D eigenvalue weighted by Gasteiger charge is -2.24. The van der Waals surface area contributed by atoms with E-state index >= 15 is 0 Å². The zero-order valence-electron chi connectivity index (χ0n) is 19.6. The Morgan fingerprint density at radius 3 is 1.58 bits per heavy atom. The second-order valence-electron chi connectivity index (χ2n) is 8.24. The number of hydrogen-bond donors (Lipinski definition) is 0. The van der Waals surface area contributed by atoms with Crippen molar-refractivity contribution >= 4 is 32.3 Å². The monoisotopic (exact) mass is 404 g/mol. The molecule has 5 aromatic carbocycles. The van der Waals surface area contributed by atoms with Crippen molar-refractivity contribution in [3.8, 4) is 11.1 Å². The van der Waals surface area contributed by atoms with Gasteiger partial charge in [-0.15, -0.1) is 0 Å². The molecule has 0 saturated heterocycles. The van der Waals surface area contributed by atoms with Crippen LogP contribution in [0.1, 0.15) is 52.7 Å². The number of fused-ring (bicyclic) bond motifs is 8. The maximum atomic E-state index is 2.39. The van der Waals surface area contributed by atoms with E-state index in [9.17, 15) is 0 Å². The molecule has 0 amide bonds. The van der Waals surface area contributed by atoms with Crippen LogP contribution in [0.4, 0.5) is 0 Å². The summed E-state index contributed by atoms with van der Waals surface area (Å²) >= 11 is 0. The zero-order chi connectivity index (χ0) is 22.2. The Morgan fingerprint density at radius 1 is 0.452 bits per heavy atom. The van der Waals surface area contributed by atoms with Gasteiger partial charge in [-0.05, 0) is 66.7 Å². The molecule has 0 fully saturated rings. The zero-order valence-corrected chi connectivity index (χ0v) is 19.6. The van der Waals surface area contributed by atoms with Crippen LogP contribution in [0.25, 0.3) is 43.4 Å². The van der Waals surface area contributed by atoms with E-state index in [1.165, 1.54) is 54.6 Å². The van der Waals surface area contributed by atoms with Gasteiger partial charge >= 0.3 is 0 Å². The van der Waals surface area contributed by atoms with Crippen LogP contribution in [0.3, 0.4) is 0 Å². The lowest BCUT2D eigenvalue weighted by atomic mass is 9.78. The number of hydrogen-bond acceptors (Lipinski definition) is 0. The summed E-state index contributed by atoms with van der Waals surface area (Å²) in [6.45, 7) is 12.8. The van der Waals surface area contributed by atoms with E-state index in [1.54, 1.807) is 0 Å². The smallest absolute Gasteiger partial charge is 0.0171 e. The average Bonchev–Trinajstić information content (AvgIpc) is 3.07. The highest BCUT2D eigenvalue weighted by Crippen LogP contribution is 2.53. The topological polar surface area (TPSA) is 0 Å². The lowest BCUT2D eigenvalue weighted by molar-refractivity contribution is 0.672. The highest BCUT2D eigenvalue weighted by molar-refractivity contribution is 6.07. The number of benzene rings is 5. The van der Waals surface area contributed by atoms with Crippen molar-refractivity contribution in [2.75, 3.05) is 0 Å². The van der Waals surface area contributed by atoms with Crippen LogP contribution in [0.5, 0.6) is 0 Å². The van der Waals surface area contributed by atoms with Crippen LogP contribution < -0.4 is 0 Å². The molecular weight excluding hydrogens is 372 g/mol. The molecule has 0 atom stereocenters. The number of rotatable bonds is 0. The Hall–Kier alpha value is -3.12. The quantitative estimate of drug-likeness (QED) is 0.225. The van der Waals surface area contributed by atoms with Crippen molar-refractivity contribution in [1.29, 1.82) is 0 Å². The molecule has 0 aromatic heterocycles. The lowest BCUT2D eigenvalue weighted by Crippen LogP contribution is -2.16. The van der Waals surface area contributed by atoms with Gasteiger partial charge in [0.2, 0.25) is 0 Å². The summed E-state index contributed by atoms with van der Waals surface area (Å²) in [5.74, 6) is 0. The van der Waals surface area contributed by atoms with Crippen LogP contribution in [-0.4, -0.2) is 0 Å². The van der Waals surface area contributed by atoms with Crippen molar-refractivity contribution < 1.29 is 0 Å². The first kappa shape index (κ1) is 21.1. The van der Waals surface area contributed by atoms with Gasteiger partial charge in [0.25, 0.3) is 0 Å². The van der Waals surface area contributed by atoms with Crippen molar-refractivity contribution in [1.82, 2.24) is 0 Å². The van der Waals surface area contributed by atoms with Crippen LogP contribution in [0.2, 0.25) is 0 Å². The fourth-order valence-electron chi connectivity index (χ4n) is 5.21. The predicted molar refractivity (Wildman–Crippen MR) is 139 cm³/mol. The third-order valence-electron chi connectivity index (χ3n) is 6.36. The molecule has 31 heavy (non-hydrogen) atoms. The summed E-state index contributed by atoms with van der Waals surface area (Å²) in [5.41, 5.74) is 5.70. The first-order chi connectivity index (χ1) is 15.1. The molecular formula is C31H32. The molecule has 0 radical (unpaired) electrons. The van der Waals surface area contributed by atoms with E-state index < -0.39 is 0 Å². The van der Waals surface area contributed by atoms with E-state index in [4.69, 9.17) is 0 Å². The van der Waals surface area contributed by atoms with E-state index in [-0.39, 0.29) is 5.41 Å². The largest absolute Gasteiger partial charge is 0.0683 e. The van der Waals surface area contributed by atoms with E-state index in [0.717, 1.165) is 0 Å². The molecule has 5 aromatic rings. The van der Waals surface area contributed by atoms with Crippen molar-refractivity contribution in [2.24, 2.45) is 0 Å². The molecule has 0 saturated carbocycles. The van der Waals surface area contributed by atoms with Gasteiger partial charge in [0.15, 0.2) is 0 Å². The Labute approximate surface area is 186 Å². The maximum absolute atomic E-state index is 2.39. The minimum absolute atomic E-state index is 0.0203. The summed E-state index contributed by atoms with van der Waals surface area (Å²) in [7, 11) is 0. The minimum atomic E-state index is -0.0203. The summed E-state index contributed by atoms with van der Waals surface area (Å²) in [5, 5.41) is 8.05. The fraction of sp³-hybridized carbons (Fsp3) is 0.226. The second kappa shape index (κ2) is 8.19. The molecule has 0 N–H and O–H groups in total. The van der Waals surface area contributed by atoms with E-state index in [2.05, 4.69) is 98.8 Å². The molecule has 0 unspecified atom stereocenters. The molecule has 0 nitrogen and oxygen atoms in total. The van der Waals surface area contributed by atoms with Crippen molar-refractivity contribution in [3.05, 3.63) is 96.1 Å². The molecule has 1 aliphatic carbocycles. The van der Waals surface area contributed by atoms with Crippen molar-refractivity contribution in [3.63, 3.8) is 0 Å². The fourth-order valence-corrected chi connectivity index (χ4v) is 5.21. The Kier molecular flexibility index (Phi) is 5.58. The van der Waals surface area contributed by atoms with Gasteiger partial charge in [-0.1, -0.05) is 114 Å². The first-order valence-electron chi connectivity index (χ1n) is 11.6.